The van der Waals surface area contributed by atoms with Gasteiger partial charge in [-0.05, 0) is 18.1 Å². The molecule has 0 fully saturated rings. The molecule has 0 aliphatic carbocycles. The normalized spacial score (nSPS) is 12.2. The van der Waals surface area contributed by atoms with E-state index in [-0.39, 0.29) is 0 Å². The lowest BCUT2D eigenvalue weighted by molar-refractivity contribution is -0.138. The Morgan fingerprint density at radius 1 is 1.47 bits per heavy atom. The number of aliphatic carboxylic acids is 1. The fourth-order valence-corrected chi connectivity index (χ4v) is 1.77. The van der Waals surface area contributed by atoms with Crippen LogP contribution < -0.4 is 3.94 Å². The maximum absolute atomic E-state index is 11.0. The quantitative estimate of drug-likeness (QED) is 0.830. The second kappa shape index (κ2) is 5.24. The van der Waals surface area contributed by atoms with Gasteiger partial charge in [0.25, 0.3) is 0 Å². The fourth-order valence-electron chi connectivity index (χ4n) is 1.46. The van der Waals surface area contributed by atoms with Gasteiger partial charge in [-0.2, -0.15) is 3.94 Å². The number of carboxylic acid groups (broad SMARTS) is 1. The molecular weight excluding hydrogens is 237 g/mol. The van der Waals surface area contributed by atoms with Crippen molar-refractivity contribution in [2.24, 2.45) is 0 Å². The maximum atomic E-state index is 11.0. The molecule has 0 heterocycles. The highest BCUT2D eigenvalue weighted by molar-refractivity contribution is 6.49. The Kier molecular flexibility index (Phi) is 4.24. The summed E-state index contributed by atoms with van der Waals surface area (Å²) in [5.74, 6) is -1.46. The summed E-state index contributed by atoms with van der Waals surface area (Å²) in [6.45, 7) is 1.81. The SMILES string of the molecule is CCC(C(=O)O)c1ccccc1N(Cl)Cl. The number of carbonyl (C=O) groups is 1. The number of hydrogen-bond acceptors (Lipinski definition) is 2. The lowest BCUT2D eigenvalue weighted by Gasteiger charge is -2.16. The molecule has 5 heteroatoms. The van der Waals surface area contributed by atoms with Crippen LogP contribution in [0.4, 0.5) is 5.69 Å². The van der Waals surface area contributed by atoms with Gasteiger partial charge >= 0.3 is 5.97 Å². The molecule has 0 aliphatic rings. The zero-order valence-electron chi connectivity index (χ0n) is 8.15. The Balaban J connectivity index is 3.16. The van der Waals surface area contributed by atoms with Gasteiger partial charge in [0.05, 0.1) is 11.6 Å². The number of benzene rings is 1. The molecule has 1 aromatic rings. The Labute approximate surface area is 98.4 Å². The summed E-state index contributed by atoms with van der Waals surface area (Å²) >= 11 is 11.2. The Morgan fingerprint density at radius 2 is 2.07 bits per heavy atom. The standard InChI is InChI=1S/C10H11Cl2NO2/c1-2-7(10(14)15)8-5-3-4-6-9(8)13(11)12/h3-7H,2H2,1H3,(H,14,15). The van der Waals surface area contributed by atoms with Crippen molar-refractivity contribution < 1.29 is 9.90 Å². The van der Waals surface area contributed by atoms with E-state index in [4.69, 9.17) is 28.7 Å². The maximum Gasteiger partial charge on any atom is 0.311 e. The smallest absolute Gasteiger partial charge is 0.311 e. The number of hydrogen-bond donors (Lipinski definition) is 1. The molecular formula is C10H11Cl2NO2. The molecule has 0 radical (unpaired) electrons. The molecule has 1 unspecified atom stereocenters. The summed E-state index contributed by atoms with van der Waals surface area (Å²) in [4.78, 5) is 11.0. The van der Waals surface area contributed by atoms with E-state index in [9.17, 15) is 4.79 Å². The second-order valence-electron chi connectivity index (χ2n) is 3.09. The number of anilines is 1. The van der Waals surface area contributed by atoms with Crippen LogP contribution in [-0.4, -0.2) is 11.1 Å². The highest BCUT2D eigenvalue weighted by Gasteiger charge is 2.21. The molecule has 0 aliphatic heterocycles. The molecule has 0 saturated heterocycles. The number of rotatable bonds is 4. The number of para-hydroxylation sites is 1. The summed E-state index contributed by atoms with van der Waals surface area (Å²) in [5.41, 5.74) is 1.13. The van der Waals surface area contributed by atoms with Crippen LogP contribution in [0.5, 0.6) is 0 Å². The lowest BCUT2D eigenvalue weighted by Crippen LogP contribution is -2.12. The van der Waals surface area contributed by atoms with E-state index in [1.807, 2.05) is 6.92 Å². The predicted octanol–water partition coefficient (Wildman–Crippen LogP) is 3.38. The molecule has 1 atom stereocenters. The van der Waals surface area contributed by atoms with E-state index in [0.717, 1.165) is 3.94 Å². The fraction of sp³-hybridized carbons (Fsp3) is 0.300. The van der Waals surface area contributed by atoms with Crippen molar-refractivity contribution in [2.45, 2.75) is 19.3 Å². The average Bonchev–Trinajstić information content (AvgIpc) is 2.18. The molecule has 0 spiro atoms. The minimum absolute atomic E-state index is 0.494. The van der Waals surface area contributed by atoms with Gasteiger partial charge in [0.2, 0.25) is 0 Å². The van der Waals surface area contributed by atoms with Crippen LogP contribution in [0.2, 0.25) is 0 Å². The van der Waals surface area contributed by atoms with Gasteiger partial charge in [0.1, 0.15) is 0 Å². The van der Waals surface area contributed by atoms with E-state index in [2.05, 4.69) is 0 Å². The largest absolute Gasteiger partial charge is 0.481 e. The molecule has 0 amide bonds. The minimum atomic E-state index is -0.875. The lowest BCUT2D eigenvalue weighted by atomic mass is 9.95. The first kappa shape index (κ1) is 12.1. The van der Waals surface area contributed by atoms with E-state index >= 15 is 0 Å². The van der Waals surface area contributed by atoms with E-state index in [0.29, 0.717) is 17.7 Å². The highest BCUT2D eigenvalue weighted by atomic mass is 35.5. The van der Waals surface area contributed by atoms with Crippen LogP contribution in [0, 0.1) is 0 Å². The molecule has 0 saturated carbocycles. The van der Waals surface area contributed by atoms with Gasteiger partial charge in [-0.15, -0.1) is 0 Å². The highest BCUT2D eigenvalue weighted by Crippen LogP contribution is 2.31. The van der Waals surface area contributed by atoms with Crippen molar-refractivity contribution in [1.82, 2.24) is 0 Å². The third-order valence-electron chi connectivity index (χ3n) is 2.20. The van der Waals surface area contributed by atoms with Crippen LogP contribution in [0.25, 0.3) is 0 Å². The predicted molar refractivity (Wildman–Crippen MR) is 61.3 cm³/mol. The van der Waals surface area contributed by atoms with Gasteiger partial charge in [-0.3, -0.25) is 4.79 Å². The van der Waals surface area contributed by atoms with Gasteiger partial charge in [0, 0.05) is 23.6 Å². The molecule has 15 heavy (non-hydrogen) atoms. The summed E-state index contributed by atoms with van der Waals surface area (Å²) in [5, 5.41) is 9.03. The average molecular weight is 248 g/mol. The van der Waals surface area contributed by atoms with Gasteiger partial charge in [0.15, 0.2) is 0 Å². The van der Waals surface area contributed by atoms with E-state index < -0.39 is 11.9 Å². The Hall–Kier alpha value is -0.930. The number of nitrogens with zero attached hydrogens (tertiary/aromatic N) is 1. The molecule has 1 N–H and O–H groups in total. The third-order valence-corrected chi connectivity index (χ3v) is 2.56. The van der Waals surface area contributed by atoms with Gasteiger partial charge in [-0.1, -0.05) is 25.1 Å². The monoisotopic (exact) mass is 247 g/mol. The van der Waals surface area contributed by atoms with Crippen LogP contribution in [0.1, 0.15) is 24.8 Å². The van der Waals surface area contributed by atoms with Crippen LogP contribution in [0.15, 0.2) is 24.3 Å². The zero-order valence-corrected chi connectivity index (χ0v) is 9.66. The van der Waals surface area contributed by atoms with E-state index in [1.165, 1.54) is 0 Å². The van der Waals surface area contributed by atoms with Crippen LogP contribution >= 0.6 is 23.6 Å². The van der Waals surface area contributed by atoms with Crippen LogP contribution in [0.3, 0.4) is 0 Å². The Morgan fingerprint density at radius 3 is 2.53 bits per heavy atom. The topological polar surface area (TPSA) is 40.5 Å². The van der Waals surface area contributed by atoms with Crippen molar-refractivity contribution in [2.75, 3.05) is 3.94 Å². The molecule has 1 rings (SSSR count). The summed E-state index contributed by atoms with van der Waals surface area (Å²) in [6.07, 6.45) is 0.494. The van der Waals surface area contributed by atoms with Gasteiger partial charge < -0.3 is 5.11 Å². The van der Waals surface area contributed by atoms with Crippen molar-refractivity contribution in [3.8, 4) is 0 Å². The third kappa shape index (κ3) is 2.76. The Bertz CT molecular complexity index is 355. The second-order valence-corrected chi connectivity index (χ2v) is 3.94. The number of carboxylic acids is 1. The summed E-state index contributed by atoms with van der Waals surface area (Å²) in [7, 11) is 0. The summed E-state index contributed by atoms with van der Waals surface area (Å²) in [6, 6.07) is 6.92. The number of halogens is 2. The molecule has 0 aromatic heterocycles. The van der Waals surface area contributed by atoms with Crippen molar-refractivity contribution in [3.05, 3.63) is 29.8 Å². The molecule has 0 bridgehead atoms. The first-order chi connectivity index (χ1) is 7.07. The first-order valence-electron chi connectivity index (χ1n) is 4.51. The van der Waals surface area contributed by atoms with Crippen molar-refractivity contribution in [3.63, 3.8) is 0 Å². The van der Waals surface area contributed by atoms with Crippen molar-refractivity contribution in [1.29, 1.82) is 0 Å². The first-order valence-corrected chi connectivity index (χ1v) is 5.19. The van der Waals surface area contributed by atoms with Gasteiger partial charge in [-0.25, -0.2) is 0 Å². The molecule has 82 valence electrons. The molecule has 1 aromatic carbocycles. The van der Waals surface area contributed by atoms with E-state index in [1.54, 1.807) is 24.3 Å². The van der Waals surface area contributed by atoms with Crippen molar-refractivity contribution >= 4 is 35.2 Å². The molecule has 3 nitrogen and oxygen atoms in total. The van der Waals surface area contributed by atoms with Crippen LogP contribution in [-0.2, 0) is 4.79 Å². The summed E-state index contributed by atoms with van der Waals surface area (Å²) < 4.78 is 0.890. The zero-order chi connectivity index (χ0) is 11.4. The minimum Gasteiger partial charge on any atom is -0.481 e.